The lowest BCUT2D eigenvalue weighted by molar-refractivity contribution is 0.0946. The van der Waals surface area contributed by atoms with Gasteiger partial charge in [-0.25, -0.2) is 9.97 Å². The highest BCUT2D eigenvalue weighted by atomic mass is 32.1. The molecular formula is C23H27N5OS. The first-order valence-electron chi connectivity index (χ1n) is 10.3. The van der Waals surface area contributed by atoms with Gasteiger partial charge in [-0.15, -0.1) is 11.3 Å². The SMILES string of the molecule is CN1CCCN(c2ccc(CNC(=O)c3csc(Cc4ccccc4)n3)cn2)CC1. The number of rotatable bonds is 6. The maximum absolute atomic E-state index is 12.5. The lowest BCUT2D eigenvalue weighted by atomic mass is 10.2. The van der Waals surface area contributed by atoms with Gasteiger partial charge >= 0.3 is 0 Å². The highest BCUT2D eigenvalue weighted by molar-refractivity contribution is 7.09. The van der Waals surface area contributed by atoms with Crippen LogP contribution in [0.5, 0.6) is 0 Å². The van der Waals surface area contributed by atoms with Gasteiger partial charge in [-0.3, -0.25) is 4.79 Å². The Morgan fingerprint density at radius 3 is 2.73 bits per heavy atom. The molecule has 2 aromatic heterocycles. The first kappa shape index (κ1) is 20.5. The zero-order valence-corrected chi connectivity index (χ0v) is 18.1. The predicted octanol–water partition coefficient (Wildman–Crippen LogP) is 3.20. The number of anilines is 1. The number of amides is 1. The van der Waals surface area contributed by atoms with Crippen molar-refractivity contribution in [3.63, 3.8) is 0 Å². The maximum Gasteiger partial charge on any atom is 0.271 e. The van der Waals surface area contributed by atoms with Crippen molar-refractivity contribution in [1.29, 1.82) is 0 Å². The summed E-state index contributed by atoms with van der Waals surface area (Å²) in [4.78, 5) is 26.3. The number of benzene rings is 1. The number of hydrogen-bond acceptors (Lipinski definition) is 6. The molecule has 0 saturated carbocycles. The highest BCUT2D eigenvalue weighted by Gasteiger charge is 2.14. The van der Waals surface area contributed by atoms with Crippen LogP contribution in [-0.4, -0.2) is 54.0 Å². The summed E-state index contributed by atoms with van der Waals surface area (Å²) in [6, 6.07) is 14.3. The van der Waals surface area contributed by atoms with E-state index in [0.29, 0.717) is 12.2 Å². The van der Waals surface area contributed by atoms with Crippen LogP contribution >= 0.6 is 11.3 Å². The van der Waals surface area contributed by atoms with Crippen LogP contribution in [0.2, 0.25) is 0 Å². The van der Waals surface area contributed by atoms with Crippen molar-refractivity contribution in [2.24, 2.45) is 0 Å². The number of nitrogens with one attached hydrogen (secondary N) is 1. The topological polar surface area (TPSA) is 61.4 Å². The van der Waals surface area contributed by atoms with Crippen LogP contribution in [0.15, 0.2) is 54.0 Å². The molecule has 0 spiro atoms. The molecule has 3 heterocycles. The van der Waals surface area contributed by atoms with Gasteiger partial charge in [0.05, 0.1) is 5.01 Å². The van der Waals surface area contributed by atoms with Crippen LogP contribution in [0.1, 0.15) is 33.0 Å². The molecule has 0 unspecified atom stereocenters. The Morgan fingerprint density at radius 2 is 1.93 bits per heavy atom. The van der Waals surface area contributed by atoms with E-state index in [9.17, 15) is 4.79 Å². The Hall–Kier alpha value is -2.77. The Bertz CT molecular complexity index is 957. The molecule has 1 amide bonds. The monoisotopic (exact) mass is 421 g/mol. The molecule has 0 bridgehead atoms. The van der Waals surface area contributed by atoms with E-state index in [2.05, 4.69) is 44.3 Å². The van der Waals surface area contributed by atoms with E-state index in [1.165, 1.54) is 16.9 Å². The number of aromatic nitrogens is 2. The van der Waals surface area contributed by atoms with E-state index in [-0.39, 0.29) is 5.91 Å². The van der Waals surface area contributed by atoms with E-state index in [0.717, 1.165) is 55.4 Å². The second kappa shape index (κ2) is 9.82. The van der Waals surface area contributed by atoms with Gasteiger partial charge in [0.15, 0.2) is 0 Å². The number of carbonyl (C=O) groups is 1. The predicted molar refractivity (Wildman–Crippen MR) is 121 cm³/mol. The average Bonchev–Trinajstić information content (AvgIpc) is 3.13. The standard InChI is InChI=1S/C23H27N5OS/c1-27-10-5-11-28(13-12-27)21-9-8-19(15-24-21)16-25-23(29)20-17-30-22(26-20)14-18-6-3-2-4-7-18/h2-4,6-9,15,17H,5,10-14,16H2,1H3,(H,25,29). The van der Waals surface area contributed by atoms with Gasteiger partial charge < -0.3 is 15.1 Å². The highest BCUT2D eigenvalue weighted by Crippen LogP contribution is 2.16. The lowest BCUT2D eigenvalue weighted by Crippen LogP contribution is -2.29. The summed E-state index contributed by atoms with van der Waals surface area (Å²) in [5.74, 6) is 0.857. The van der Waals surface area contributed by atoms with E-state index in [4.69, 9.17) is 0 Å². The summed E-state index contributed by atoms with van der Waals surface area (Å²) >= 11 is 1.52. The first-order chi connectivity index (χ1) is 14.7. The molecule has 1 aliphatic rings. The van der Waals surface area contributed by atoms with Crippen molar-refractivity contribution in [2.45, 2.75) is 19.4 Å². The fourth-order valence-electron chi connectivity index (χ4n) is 3.52. The van der Waals surface area contributed by atoms with E-state index >= 15 is 0 Å². The van der Waals surface area contributed by atoms with Gasteiger partial charge in [0.2, 0.25) is 0 Å². The van der Waals surface area contributed by atoms with Gasteiger partial charge in [-0.05, 0) is 37.2 Å². The fraction of sp³-hybridized carbons (Fsp3) is 0.348. The molecule has 1 N–H and O–H groups in total. The molecule has 0 atom stereocenters. The largest absolute Gasteiger partial charge is 0.355 e. The van der Waals surface area contributed by atoms with Crippen molar-refractivity contribution in [3.8, 4) is 0 Å². The molecule has 156 valence electrons. The van der Waals surface area contributed by atoms with Crippen LogP contribution in [-0.2, 0) is 13.0 Å². The third-order valence-electron chi connectivity index (χ3n) is 5.29. The van der Waals surface area contributed by atoms with Crippen LogP contribution in [0.25, 0.3) is 0 Å². The number of pyridine rings is 1. The number of likely N-dealkylation sites (N-methyl/N-ethyl adjacent to an activating group) is 1. The third kappa shape index (κ3) is 5.43. The van der Waals surface area contributed by atoms with Crippen LogP contribution in [0.4, 0.5) is 5.82 Å². The molecule has 0 aliphatic carbocycles. The number of hydrogen-bond donors (Lipinski definition) is 1. The smallest absolute Gasteiger partial charge is 0.271 e. The van der Waals surface area contributed by atoms with Crippen molar-refractivity contribution in [3.05, 3.63) is 75.9 Å². The summed E-state index contributed by atoms with van der Waals surface area (Å²) in [5, 5.41) is 5.72. The molecule has 3 aromatic rings. The Balaban J connectivity index is 1.30. The van der Waals surface area contributed by atoms with Gasteiger partial charge in [0.25, 0.3) is 5.91 Å². The normalized spacial score (nSPS) is 15.0. The second-order valence-electron chi connectivity index (χ2n) is 7.64. The van der Waals surface area contributed by atoms with E-state index in [1.54, 1.807) is 0 Å². The Kier molecular flexibility index (Phi) is 6.71. The zero-order valence-electron chi connectivity index (χ0n) is 17.3. The zero-order chi connectivity index (χ0) is 20.8. The number of thiazole rings is 1. The molecule has 4 rings (SSSR count). The lowest BCUT2D eigenvalue weighted by Gasteiger charge is -2.21. The fourth-order valence-corrected chi connectivity index (χ4v) is 4.33. The summed E-state index contributed by atoms with van der Waals surface area (Å²) in [6.45, 7) is 4.65. The number of carbonyl (C=O) groups excluding carboxylic acids is 1. The molecule has 1 aliphatic heterocycles. The van der Waals surface area contributed by atoms with Gasteiger partial charge in [0, 0.05) is 44.2 Å². The molecule has 6 nitrogen and oxygen atoms in total. The second-order valence-corrected chi connectivity index (χ2v) is 8.58. The summed E-state index contributed by atoms with van der Waals surface area (Å²) in [7, 11) is 2.16. The third-order valence-corrected chi connectivity index (χ3v) is 6.14. The summed E-state index contributed by atoms with van der Waals surface area (Å²) < 4.78 is 0. The molecule has 1 fully saturated rings. The first-order valence-corrected chi connectivity index (χ1v) is 11.2. The van der Waals surface area contributed by atoms with E-state index < -0.39 is 0 Å². The summed E-state index contributed by atoms with van der Waals surface area (Å²) in [6.07, 6.45) is 3.75. The molecule has 30 heavy (non-hydrogen) atoms. The Morgan fingerprint density at radius 1 is 1.07 bits per heavy atom. The Labute approximate surface area is 181 Å². The van der Waals surface area contributed by atoms with Crippen molar-refractivity contribution >= 4 is 23.1 Å². The average molecular weight is 422 g/mol. The van der Waals surface area contributed by atoms with E-state index in [1.807, 2.05) is 41.9 Å². The number of nitrogens with zero attached hydrogens (tertiary/aromatic N) is 4. The van der Waals surface area contributed by atoms with Crippen LogP contribution < -0.4 is 10.2 Å². The maximum atomic E-state index is 12.5. The minimum absolute atomic E-state index is 0.148. The van der Waals surface area contributed by atoms with Gasteiger partial charge in [0.1, 0.15) is 11.5 Å². The van der Waals surface area contributed by atoms with Crippen LogP contribution in [0, 0.1) is 0 Å². The van der Waals surface area contributed by atoms with Gasteiger partial charge in [-0.1, -0.05) is 36.4 Å². The van der Waals surface area contributed by atoms with Gasteiger partial charge in [-0.2, -0.15) is 0 Å². The minimum atomic E-state index is -0.148. The molecule has 0 radical (unpaired) electrons. The van der Waals surface area contributed by atoms with Crippen molar-refractivity contribution in [2.75, 3.05) is 38.1 Å². The molecular weight excluding hydrogens is 394 g/mol. The van der Waals surface area contributed by atoms with Crippen molar-refractivity contribution < 1.29 is 4.79 Å². The molecule has 1 saturated heterocycles. The van der Waals surface area contributed by atoms with Crippen LogP contribution in [0.3, 0.4) is 0 Å². The minimum Gasteiger partial charge on any atom is -0.355 e. The van der Waals surface area contributed by atoms with Crippen molar-refractivity contribution in [1.82, 2.24) is 20.2 Å². The molecule has 1 aromatic carbocycles. The molecule has 7 heteroatoms. The summed E-state index contributed by atoms with van der Waals surface area (Å²) in [5.41, 5.74) is 2.66. The quantitative estimate of drug-likeness (QED) is 0.662.